The van der Waals surface area contributed by atoms with Crippen molar-refractivity contribution in [2.75, 3.05) is 0 Å². The molecule has 0 bridgehead atoms. The van der Waals surface area contributed by atoms with Gasteiger partial charge in [-0.15, -0.1) is 11.3 Å². The number of halogens is 1. The highest BCUT2D eigenvalue weighted by atomic mass is 35.5. The smallest absolute Gasteiger partial charge is 0.175 e. The summed E-state index contributed by atoms with van der Waals surface area (Å²) in [7, 11) is 0. The highest BCUT2D eigenvalue weighted by Gasteiger charge is 2.48. The maximum absolute atomic E-state index is 12.0. The van der Waals surface area contributed by atoms with Gasteiger partial charge in [-0.25, -0.2) is 0 Å². The van der Waals surface area contributed by atoms with Gasteiger partial charge in [-0.3, -0.25) is 4.79 Å². The number of carbonyl (C=O) groups excluding carboxylic acids is 1. The molecule has 0 aromatic carbocycles. The van der Waals surface area contributed by atoms with Crippen molar-refractivity contribution in [2.24, 2.45) is 17.8 Å². The van der Waals surface area contributed by atoms with Gasteiger partial charge >= 0.3 is 0 Å². The molecule has 74 valence electrons. The number of ketones is 1. The summed E-state index contributed by atoms with van der Waals surface area (Å²) in [5.74, 6) is 2.38. The molecule has 0 N–H and O–H groups in total. The van der Waals surface area contributed by atoms with Crippen molar-refractivity contribution in [3.05, 3.63) is 21.3 Å². The Bertz CT molecular complexity index is 374. The van der Waals surface area contributed by atoms with E-state index >= 15 is 0 Å². The number of fused-ring (bicyclic) bond motifs is 1. The van der Waals surface area contributed by atoms with E-state index in [0.29, 0.717) is 11.7 Å². The lowest BCUT2D eigenvalue weighted by Crippen LogP contribution is -2.11. The van der Waals surface area contributed by atoms with E-state index in [2.05, 4.69) is 0 Å². The van der Waals surface area contributed by atoms with Gasteiger partial charge in [0.15, 0.2) is 5.78 Å². The summed E-state index contributed by atoms with van der Waals surface area (Å²) in [5, 5.41) is 0. The van der Waals surface area contributed by atoms with Gasteiger partial charge in [0.1, 0.15) is 0 Å². The number of hydrogen-bond donors (Lipinski definition) is 0. The number of rotatable bonds is 2. The molecule has 1 nitrogen and oxygen atoms in total. The van der Waals surface area contributed by atoms with E-state index in [1.807, 2.05) is 12.1 Å². The van der Waals surface area contributed by atoms with Crippen LogP contribution in [0.1, 0.15) is 28.9 Å². The normalized spacial score (nSPS) is 34.2. The van der Waals surface area contributed by atoms with Crippen LogP contribution in [0.2, 0.25) is 4.34 Å². The zero-order chi connectivity index (χ0) is 9.71. The van der Waals surface area contributed by atoms with Crippen LogP contribution in [0.3, 0.4) is 0 Å². The average molecular weight is 227 g/mol. The predicted molar refractivity (Wildman–Crippen MR) is 58.0 cm³/mol. The molecule has 0 aliphatic heterocycles. The highest BCUT2D eigenvalue weighted by Crippen LogP contribution is 2.55. The minimum atomic E-state index is 0.300. The maximum atomic E-state index is 12.0. The molecule has 2 unspecified atom stereocenters. The minimum Gasteiger partial charge on any atom is -0.293 e. The third-order valence-electron chi connectivity index (χ3n) is 3.43. The Morgan fingerprint density at radius 3 is 2.57 bits per heavy atom. The molecule has 1 heterocycles. The van der Waals surface area contributed by atoms with E-state index in [1.165, 1.54) is 17.8 Å². The van der Waals surface area contributed by atoms with Crippen molar-refractivity contribution in [1.29, 1.82) is 0 Å². The quantitative estimate of drug-likeness (QED) is 0.704. The van der Waals surface area contributed by atoms with Crippen molar-refractivity contribution in [3.63, 3.8) is 0 Å². The number of thiophene rings is 1. The fourth-order valence-electron chi connectivity index (χ4n) is 2.58. The average Bonchev–Trinajstić information content (AvgIpc) is 2.64. The van der Waals surface area contributed by atoms with Gasteiger partial charge in [0.25, 0.3) is 0 Å². The Hall–Kier alpha value is -0.340. The monoisotopic (exact) mass is 226 g/mol. The van der Waals surface area contributed by atoms with Crippen LogP contribution in [-0.2, 0) is 0 Å². The third-order valence-corrected chi connectivity index (χ3v) is 4.68. The van der Waals surface area contributed by atoms with E-state index in [4.69, 9.17) is 11.6 Å². The van der Waals surface area contributed by atoms with Crippen molar-refractivity contribution in [1.82, 2.24) is 0 Å². The first kappa shape index (κ1) is 8.93. The molecule has 2 saturated carbocycles. The molecular formula is C11H11ClOS. The van der Waals surface area contributed by atoms with Crippen molar-refractivity contribution in [3.8, 4) is 0 Å². The van der Waals surface area contributed by atoms with Gasteiger partial charge in [-0.1, -0.05) is 11.6 Å². The topological polar surface area (TPSA) is 17.1 Å². The molecule has 3 heteroatoms. The van der Waals surface area contributed by atoms with E-state index < -0.39 is 0 Å². The van der Waals surface area contributed by atoms with Gasteiger partial charge in [0.05, 0.1) is 9.21 Å². The molecule has 2 aliphatic carbocycles. The Morgan fingerprint density at radius 2 is 2.00 bits per heavy atom. The summed E-state index contributed by atoms with van der Waals surface area (Å²) in [6.07, 6.45) is 3.62. The van der Waals surface area contributed by atoms with Gasteiger partial charge < -0.3 is 0 Å². The number of carbonyl (C=O) groups is 1. The summed E-state index contributed by atoms with van der Waals surface area (Å²) in [5.41, 5.74) is 0. The first-order valence-corrected chi connectivity index (χ1v) is 6.23. The SMILES string of the molecule is O=C(c1ccc(Cl)s1)C1CC2CC2C1. The van der Waals surface area contributed by atoms with Gasteiger partial charge in [0, 0.05) is 5.92 Å². The lowest BCUT2D eigenvalue weighted by Gasteiger charge is -2.07. The molecule has 1 aromatic heterocycles. The van der Waals surface area contributed by atoms with Crippen molar-refractivity contribution >= 4 is 28.7 Å². The van der Waals surface area contributed by atoms with Crippen molar-refractivity contribution in [2.45, 2.75) is 19.3 Å². The Balaban J connectivity index is 1.76. The Kier molecular flexibility index (Phi) is 1.96. The van der Waals surface area contributed by atoms with Crippen LogP contribution in [0.25, 0.3) is 0 Å². The van der Waals surface area contributed by atoms with Crippen molar-refractivity contribution < 1.29 is 4.79 Å². The van der Waals surface area contributed by atoms with E-state index in [-0.39, 0.29) is 0 Å². The van der Waals surface area contributed by atoms with Crippen LogP contribution >= 0.6 is 22.9 Å². The first-order valence-electron chi connectivity index (χ1n) is 5.03. The lowest BCUT2D eigenvalue weighted by atomic mass is 9.97. The van der Waals surface area contributed by atoms with Crippen LogP contribution in [0.15, 0.2) is 12.1 Å². The molecule has 0 spiro atoms. The second-order valence-electron chi connectivity index (χ2n) is 4.39. The third kappa shape index (κ3) is 1.41. The largest absolute Gasteiger partial charge is 0.293 e. The summed E-state index contributed by atoms with van der Waals surface area (Å²) >= 11 is 7.23. The Labute approximate surface area is 92.1 Å². The maximum Gasteiger partial charge on any atom is 0.175 e. The van der Waals surface area contributed by atoms with Gasteiger partial charge in [-0.2, -0.15) is 0 Å². The zero-order valence-corrected chi connectivity index (χ0v) is 9.27. The van der Waals surface area contributed by atoms with Crippen LogP contribution < -0.4 is 0 Å². The first-order chi connectivity index (χ1) is 6.74. The Morgan fingerprint density at radius 1 is 1.29 bits per heavy atom. The molecule has 14 heavy (non-hydrogen) atoms. The van der Waals surface area contributed by atoms with Gasteiger partial charge in [0.2, 0.25) is 0 Å². The predicted octanol–water partition coefficient (Wildman–Crippen LogP) is 3.63. The summed E-state index contributed by atoms with van der Waals surface area (Å²) in [6.45, 7) is 0. The number of Topliss-reactive ketones (excluding diaryl/α,β-unsaturated/α-hetero) is 1. The molecular weight excluding hydrogens is 216 g/mol. The van der Waals surface area contributed by atoms with E-state index in [0.717, 1.165) is 33.9 Å². The lowest BCUT2D eigenvalue weighted by molar-refractivity contribution is 0.0918. The molecule has 0 amide bonds. The molecule has 2 fully saturated rings. The van der Waals surface area contributed by atoms with Crippen LogP contribution in [-0.4, -0.2) is 5.78 Å². The molecule has 2 aliphatic rings. The standard InChI is InChI=1S/C11H11ClOS/c12-10-2-1-9(14-10)11(13)8-4-6-3-7(6)5-8/h1-2,6-8H,3-5H2. The number of hydrogen-bond acceptors (Lipinski definition) is 2. The second kappa shape index (κ2) is 3.07. The van der Waals surface area contributed by atoms with Crippen LogP contribution in [0.4, 0.5) is 0 Å². The second-order valence-corrected chi connectivity index (χ2v) is 6.11. The van der Waals surface area contributed by atoms with Gasteiger partial charge in [-0.05, 0) is 43.2 Å². The highest BCUT2D eigenvalue weighted by molar-refractivity contribution is 7.18. The summed E-state index contributed by atoms with van der Waals surface area (Å²) < 4.78 is 0.719. The summed E-state index contributed by atoms with van der Waals surface area (Å²) in [4.78, 5) is 12.8. The van der Waals surface area contributed by atoms with E-state index in [1.54, 1.807) is 0 Å². The summed E-state index contributed by atoms with van der Waals surface area (Å²) in [6, 6.07) is 3.68. The van der Waals surface area contributed by atoms with Crippen LogP contribution in [0.5, 0.6) is 0 Å². The fourth-order valence-corrected chi connectivity index (χ4v) is 3.64. The molecule has 3 rings (SSSR count). The molecule has 0 radical (unpaired) electrons. The molecule has 2 atom stereocenters. The zero-order valence-electron chi connectivity index (χ0n) is 7.70. The molecule has 0 saturated heterocycles. The fraction of sp³-hybridized carbons (Fsp3) is 0.545. The van der Waals surface area contributed by atoms with E-state index in [9.17, 15) is 4.79 Å². The minimum absolute atomic E-state index is 0.300. The van der Waals surface area contributed by atoms with Crippen LogP contribution in [0, 0.1) is 17.8 Å². The molecule has 1 aromatic rings.